The van der Waals surface area contributed by atoms with Gasteiger partial charge in [0.2, 0.25) is 0 Å². The summed E-state index contributed by atoms with van der Waals surface area (Å²) in [5.74, 6) is 1.21. The van der Waals surface area contributed by atoms with Crippen molar-refractivity contribution < 1.29 is 9.47 Å². The smallest absolute Gasteiger partial charge is 0.131 e. The Hall–Kier alpha value is -1.90. The van der Waals surface area contributed by atoms with Crippen LogP contribution in [0.2, 0.25) is 0 Å². The number of nitrogens with zero attached hydrogens (tertiary/aromatic N) is 5. The molecule has 2 aliphatic heterocycles. The molecule has 0 radical (unpaired) electrons. The van der Waals surface area contributed by atoms with Gasteiger partial charge in [0.1, 0.15) is 11.9 Å². The molecule has 0 unspecified atom stereocenters. The van der Waals surface area contributed by atoms with Crippen molar-refractivity contribution in [3.63, 3.8) is 0 Å². The SMILES string of the molecule is CCn1cc([C@H]2OCCC[C@@H]2NCc2c(C)nn(C)c2N2CCOCC2)cn1. The highest BCUT2D eigenvalue weighted by atomic mass is 16.5. The quantitative estimate of drug-likeness (QED) is 0.814. The predicted octanol–water partition coefficient (Wildman–Crippen LogP) is 1.79. The lowest BCUT2D eigenvalue weighted by Gasteiger charge is -2.33. The number of morpholine rings is 1. The maximum Gasteiger partial charge on any atom is 0.131 e. The standard InChI is InChI=1S/C20H32N6O2/c1-4-26-14-16(12-22-26)19-18(6-5-9-28-19)21-13-17-15(2)23-24(3)20(17)25-7-10-27-11-8-25/h12,14,18-19,21H,4-11,13H2,1-3H3/t18-,19+/m0/s1. The lowest BCUT2D eigenvalue weighted by molar-refractivity contribution is -0.0112. The Bertz CT molecular complexity index is 780. The van der Waals surface area contributed by atoms with Gasteiger partial charge in [0.05, 0.1) is 25.1 Å². The first-order valence-corrected chi connectivity index (χ1v) is 10.4. The Morgan fingerprint density at radius 1 is 1.25 bits per heavy atom. The van der Waals surface area contributed by atoms with Crippen LogP contribution in [0.4, 0.5) is 5.82 Å². The van der Waals surface area contributed by atoms with Crippen molar-refractivity contribution in [2.24, 2.45) is 7.05 Å². The molecule has 0 aromatic carbocycles. The first-order valence-electron chi connectivity index (χ1n) is 10.4. The highest BCUT2D eigenvalue weighted by Crippen LogP contribution is 2.30. The van der Waals surface area contributed by atoms with E-state index in [9.17, 15) is 0 Å². The van der Waals surface area contributed by atoms with Crippen LogP contribution in [0.1, 0.15) is 42.7 Å². The van der Waals surface area contributed by atoms with Gasteiger partial charge in [0.15, 0.2) is 0 Å². The third kappa shape index (κ3) is 3.94. The number of ether oxygens (including phenoxy) is 2. The molecule has 8 heteroatoms. The molecular formula is C20H32N6O2. The van der Waals surface area contributed by atoms with E-state index >= 15 is 0 Å². The Kier molecular flexibility index (Phi) is 5.99. The molecule has 2 saturated heterocycles. The number of rotatable bonds is 6. The number of hydrogen-bond acceptors (Lipinski definition) is 6. The number of anilines is 1. The monoisotopic (exact) mass is 388 g/mol. The van der Waals surface area contributed by atoms with E-state index in [1.165, 1.54) is 11.4 Å². The summed E-state index contributed by atoms with van der Waals surface area (Å²) in [4.78, 5) is 2.39. The highest BCUT2D eigenvalue weighted by Gasteiger charge is 2.29. The Morgan fingerprint density at radius 3 is 2.82 bits per heavy atom. The van der Waals surface area contributed by atoms with E-state index in [4.69, 9.17) is 14.6 Å². The van der Waals surface area contributed by atoms with E-state index in [0.717, 1.165) is 70.1 Å². The summed E-state index contributed by atoms with van der Waals surface area (Å²) >= 11 is 0. The van der Waals surface area contributed by atoms with Gasteiger partial charge < -0.3 is 19.7 Å². The summed E-state index contributed by atoms with van der Waals surface area (Å²) in [6, 6.07) is 0.278. The maximum absolute atomic E-state index is 6.14. The van der Waals surface area contributed by atoms with Gasteiger partial charge in [-0.1, -0.05) is 0 Å². The Labute approximate surface area is 166 Å². The molecule has 2 fully saturated rings. The van der Waals surface area contributed by atoms with Crippen LogP contribution in [-0.2, 0) is 29.6 Å². The number of aryl methyl sites for hydroxylation is 3. The third-order valence-electron chi connectivity index (χ3n) is 5.79. The predicted molar refractivity (Wildman–Crippen MR) is 107 cm³/mol. The second-order valence-electron chi connectivity index (χ2n) is 7.66. The lowest BCUT2D eigenvalue weighted by atomic mass is 9.98. The summed E-state index contributed by atoms with van der Waals surface area (Å²) < 4.78 is 15.6. The fraction of sp³-hybridized carbons (Fsp3) is 0.700. The van der Waals surface area contributed by atoms with Crippen molar-refractivity contribution in [1.29, 1.82) is 0 Å². The van der Waals surface area contributed by atoms with Crippen molar-refractivity contribution in [2.75, 3.05) is 37.8 Å². The van der Waals surface area contributed by atoms with Crippen LogP contribution in [0, 0.1) is 6.92 Å². The highest BCUT2D eigenvalue weighted by molar-refractivity contribution is 5.50. The fourth-order valence-corrected chi connectivity index (χ4v) is 4.32. The molecule has 8 nitrogen and oxygen atoms in total. The zero-order chi connectivity index (χ0) is 19.5. The lowest BCUT2D eigenvalue weighted by Crippen LogP contribution is -2.40. The summed E-state index contributed by atoms with van der Waals surface area (Å²) in [6.45, 7) is 10.1. The van der Waals surface area contributed by atoms with Crippen LogP contribution in [0.15, 0.2) is 12.4 Å². The topological polar surface area (TPSA) is 69.4 Å². The van der Waals surface area contributed by atoms with Crippen molar-refractivity contribution in [3.8, 4) is 0 Å². The van der Waals surface area contributed by atoms with Gasteiger partial charge in [-0.15, -0.1) is 0 Å². The fourth-order valence-electron chi connectivity index (χ4n) is 4.32. The first-order chi connectivity index (χ1) is 13.7. The van der Waals surface area contributed by atoms with Gasteiger partial charge in [-0.25, -0.2) is 0 Å². The molecule has 1 N–H and O–H groups in total. The molecule has 28 heavy (non-hydrogen) atoms. The van der Waals surface area contributed by atoms with Crippen molar-refractivity contribution >= 4 is 5.82 Å². The van der Waals surface area contributed by atoms with Crippen molar-refractivity contribution in [1.82, 2.24) is 24.9 Å². The van der Waals surface area contributed by atoms with Gasteiger partial charge >= 0.3 is 0 Å². The number of hydrogen-bond donors (Lipinski definition) is 1. The van der Waals surface area contributed by atoms with Gasteiger partial charge in [0.25, 0.3) is 0 Å². The molecule has 0 amide bonds. The maximum atomic E-state index is 6.14. The summed E-state index contributed by atoms with van der Waals surface area (Å²) in [7, 11) is 2.03. The third-order valence-corrected chi connectivity index (χ3v) is 5.79. The van der Waals surface area contributed by atoms with Crippen molar-refractivity contribution in [2.45, 2.75) is 51.9 Å². The summed E-state index contributed by atoms with van der Waals surface area (Å²) in [5, 5.41) is 12.9. The molecule has 2 atom stereocenters. The van der Waals surface area contributed by atoms with Gasteiger partial charge in [-0.05, 0) is 26.7 Å². The molecule has 0 spiro atoms. The number of aromatic nitrogens is 4. The molecule has 4 rings (SSSR count). The summed E-state index contributed by atoms with van der Waals surface area (Å²) in [5.41, 5.74) is 3.52. The van der Waals surface area contributed by atoms with E-state index < -0.39 is 0 Å². The first kappa shape index (κ1) is 19.4. The van der Waals surface area contributed by atoms with Crippen molar-refractivity contribution in [3.05, 3.63) is 29.2 Å². The van der Waals surface area contributed by atoms with E-state index in [-0.39, 0.29) is 12.1 Å². The molecule has 2 aromatic rings. The van der Waals surface area contributed by atoms with E-state index in [0.29, 0.717) is 0 Å². The Morgan fingerprint density at radius 2 is 2.07 bits per heavy atom. The van der Waals surface area contributed by atoms with Crippen LogP contribution in [-0.4, -0.2) is 58.5 Å². The van der Waals surface area contributed by atoms with Gasteiger partial charge in [-0.3, -0.25) is 9.36 Å². The minimum Gasteiger partial charge on any atom is -0.378 e. The Balaban J connectivity index is 1.49. The molecule has 154 valence electrons. The average molecular weight is 389 g/mol. The molecule has 0 bridgehead atoms. The van der Waals surface area contributed by atoms with Crippen LogP contribution in [0.5, 0.6) is 0 Å². The molecule has 0 saturated carbocycles. The molecule has 0 aliphatic carbocycles. The van der Waals surface area contributed by atoms with Gasteiger partial charge in [0, 0.05) is 63.2 Å². The molecule has 2 aliphatic rings. The largest absolute Gasteiger partial charge is 0.378 e. The molecule has 2 aromatic heterocycles. The second-order valence-corrected chi connectivity index (χ2v) is 7.66. The summed E-state index contributed by atoms with van der Waals surface area (Å²) in [6.07, 6.45) is 6.30. The minimum atomic E-state index is 0.0536. The minimum absolute atomic E-state index is 0.0536. The van der Waals surface area contributed by atoms with Gasteiger partial charge in [-0.2, -0.15) is 10.2 Å². The second kappa shape index (κ2) is 8.63. The van der Waals surface area contributed by atoms with Crippen LogP contribution >= 0.6 is 0 Å². The van der Waals surface area contributed by atoms with Crippen LogP contribution < -0.4 is 10.2 Å². The number of nitrogens with one attached hydrogen (secondary N) is 1. The van der Waals surface area contributed by atoms with Crippen LogP contribution in [0.25, 0.3) is 0 Å². The molecule has 4 heterocycles. The zero-order valence-electron chi connectivity index (χ0n) is 17.2. The normalized spacial score (nSPS) is 23.3. The zero-order valence-corrected chi connectivity index (χ0v) is 17.2. The molecular weight excluding hydrogens is 356 g/mol. The van der Waals surface area contributed by atoms with E-state index in [1.54, 1.807) is 0 Å². The van der Waals surface area contributed by atoms with E-state index in [2.05, 4.69) is 35.4 Å². The average Bonchev–Trinajstić information content (AvgIpc) is 3.31. The van der Waals surface area contributed by atoms with Crippen LogP contribution in [0.3, 0.4) is 0 Å². The van der Waals surface area contributed by atoms with E-state index in [1.807, 2.05) is 22.6 Å².